The van der Waals surface area contributed by atoms with Gasteiger partial charge in [-0.15, -0.1) is 0 Å². The fourth-order valence-corrected chi connectivity index (χ4v) is 4.19. The fourth-order valence-electron chi connectivity index (χ4n) is 4.19. The van der Waals surface area contributed by atoms with Crippen molar-refractivity contribution in [2.45, 2.75) is 45.4 Å². The number of Topliss-reactive ketones (excluding diaryl/α,β-unsaturated/α-hetero) is 1. The molecule has 0 fully saturated rings. The minimum absolute atomic E-state index is 0.151. The van der Waals surface area contributed by atoms with E-state index in [0.29, 0.717) is 18.0 Å². The Balaban J connectivity index is 1.44. The zero-order chi connectivity index (χ0) is 20.6. The number of carbonyl (C=O) groups is 1. The van der Waals surface area contributed by atoms with Crippen LogP contribution in [0.5, 0.6) is 11.5 Å². The number of carbonyl (C=O) groups excluding carboxylic acids is 1. The summed E-state index contributed by atoms with van der Waals surface area (Å²) in [5, 5.41) is 3.53. The van der Waals surface area contributed by atoms with Crippen LogP contribution >= 0.6 is 0 Å². The minimum atomic E-state index is 0.151. The molecule has 0 amide bonds. The molecule has 1 aliphatic carbocycles. The van der Waals surface area contributed by atoms with E-state index >= 15 is 0 Å². The van der Waals surface area contributed by atoms with Gasteiger partial charge in [0.2, 0.25) is 0 Å². The van der Waals surface area contributed by atoms with Crippen molar-refractivity contribution in [3.63, 3.8) is 0 Å². The van der Waals surface area contributed by atoms with Gasteiger partial charge in [-0.05, 0) is 80.9 Å². The molecule has 0 saturated carbocycles. The zero-order valence-electron chi connectivity index (χ0n) is 17.9. The van der Waals surface area contributed by atoms with Crippen molar-refractivity contribution in [1.29, 1.82) is 0 Å². The van der Waals surface area contributed by atoms with Gasteiger partial charge in [-0.3, -0.25) is 4.79 Å². The first kappa shape index (κ1) is 21.4. The summed E-state index contributed by atoms with van der Waals surface area (Å²) in [7, 11) is 3.29. The number of ketones is 1. The molecular formula is C25H33NO3. The average Bonchev–Trinajstić information content (AvgIpc) is 2.87. The van der Waals surface area contributed by atoms with Crippen LogP contribution in [0.1, 0.15) is 41.5 Å². The van der Waals surface area contributed by atoms with Crippen LogP contribution < -0.4 is 14.8 Å². The zero-order valence-corrected chi connectivity index (χ0v) is 17.9. The molecule has 0 aliphatic heterocycles. The summed E-state index contributed by atoms with van der Waals surface area (Å²) in [4.78, 5) is 12.8. The summed E-state index contributed by atoms with van der Waals surface area (Å²) < 4.78 is 10.8. The quantitative estimate of drug-likeness (QED) is 0.508. The third-order valence-corrected chi connectivity index (χ3v) is 5.87. The van der Waals surface area contributed by atoms with Gasteiger partial charge < -0.3 is 14.8 Å². The maximum atomic E-state index is 12.8. The van der Waals surface area contributed by atoms with Crippen LogP contribution in [0.25, 0.3) is 0 Å². The maximum Gasteiger partial charge on any atom is 0.161 e. The molecule has 156 valence electrons. The smallest absolute Gasteiger partial charge is 0.161 e. The number of aryl methyl sites for hydroxylation is 2. The Kier molecular flexibility index (Phi) is 7.70. The molecule has 0 heterocycles. The Morgan fingerprint density at radius 3 is 2.52 bits per heavy atom. The van der Waals surface area contributed by atoms with E-state index in [1.54, 1.807) is 14.2 Å². The molecule has 3 rings (SSSR count). The molecule has 1 N–H and O–H groups in total. The lowest BCUT2D eigenvalue weighted by molar-refractivity contribution is -0.122. The molecule has 2 aromatic carbocycles. The molecule has 0 radical (unpaired) electrons. The van der Waals surface area contributed by atoms with E-state index in [1.165, 1.54) is 16.7 Å². The van der Waals surface area contributed by atoms with Crippen LogP contribution in [-0.4, -0.2) is 33.1 Å². The van der Waals surface area contributed by atoms with Gasteiger partial charge in [0.15, 0.2) is 11.5 Å². The number of rotatable bonds is 9. The minimum Gasteiger partial charge on any atom is -0.493 e. The van der Waals surface area contributed by atoms with Crippen LogP contribution in [-0.2, 0) is 24.1 Å². The Bertz CT molecular complexity index is 831. The van der Waals surface area contributed by atoms with E-state index in [4.69, 9.17) is 9.47 Å². The second-order valence-electron chi connectivity index (χ2n) is 7.99. The summed E-state index contributed by atoms with van der Waals surface area (Å²) >= 11 is 0. The number of hydrogen-bond acceptors (Lipinski definition) is 4. The molecule has 2 aromatic rings. The average molecular weight is 396 g/mol. The highest BCUT2D eigenvalue weighted by Gasteiger charge is 2.24. The summed E-state index contributed by atoms with van der Waals surface area (Å²) in [5.74, 6) is 1.96. The highest BCUT2D eigenvalue weighted by molar-refractivity contribution is 5.84. The number of methoxy groups -OCH3 is 2. The fraction of sp³-hybridized carbons (Fsp3) is 0.480. The number of nitrogens with one attached hydrogen (secondary N) is 1. The predicted octanol–water partition coefficient (Wildman–Crippen LogP) is 4.30. The number of hydrogen-bond donors (Lipinski definition) is 1. The van der Waals surface area contributed by atoms with Gasteiger partial charge in [0, 0.05) is 12.3 Å². The lowest BCUT2D eigenvalue weighted by atomic mass is 9.93. The molecule has 4 nitrogen and oxygen atoms in total. The van der Waals surface area contributed by atoms with Crippen LogP contribution in [0.15, 0.2) is 36.4 Å². The first-order valence-electron chi connectivity index (χ1n) is 10.6. The van der Waals surface area contributed by atoms with Gasteiger partial charge in [0.1, 0.15) is 5.78 Å². The van der Waals surface area contributed by atoms with E-state index in [1.807, 2.05) is 12.1 Å². The van der Waals surface area contributed by atoms with E-state index < -0.39 is 0 Å². The van der Waals surface area contributed by atoms with E-state index in [2.05, 4.69) is 36.5 Å². The second kappa shape index (κ2) is 10.4. The molecule has 1 aliphatic rings. The topological polar surface area (TPSA) is 47.6 Å². The molecule has 0 aromatic heterocycles. The van der Waals surface area contributed by atoms with Crippen LogP contribution in [0.4, 0.5) is 0 Å². The Labute approximate surface area is 174 Å². The largest absolute Gasteiger partial charge is 0.493 e. The summed E-state index contributed by atoms with van der Waals surface area (Å²) in [6.45, 7) is 4.07. The van der Waals surface area contributed by atoms with Gasteiger partial charge in [0.05, 0.1) is 14.2 Å². The van der Waals surface area contributed by atoms with Crippen LogP contribution in [0.3, 0.4) is 0 Å². The predicted molar refractivity (Wildman–Crippen MR) is 117 cm³/mol. The van der Waals surface area contributed by atoms with Crippen molar-refractivity contribution < 1.29 is 14.3 Å². The van der Waals surface area contributed by atoms with E-state index in [9.17, 15) is 4.79 Å². The van der Waals surface area contributed by atoms with Crippen molar-refractivity contribution in [1.82, 2.24) is 5.32 Å². The highest BCUT2D eigenvalue weighted by atomic mass is 16.5. The van der Waals surface area contributed by atoms with Gasteiger partial charge in [0.25, 0.3) is 0 Å². The molecule has 0 bridgehead atoms. The normalized spacial score (nSPS) is 16.2. The number of ether oxygens (including phenoxy) is 2. The third kappa shape index (κ3) is 5.83. The molecule has 1 atom stereocenters. The van der Waals surface area contributed by atoms with Gasteiger partial charge in [-0.2, -0.15) is 0 Å². The lowest BCUT2D eigenvalue weighted by Crippen LogP contribution is -2.21. The number of fused-ring (bicyclic) bond motifs is 1. The van der Waals surface area contributed by atoms with Crippen LogP contribution in [0, 0.1) is 12.8 Å². The first-order valence-corrected chi connectivity index (χ1v) is 10.6. The summed E-state index contributed by atoms with van der Waals surface area (Å²) in [6, 6.07) is 12.7. The van der Waals surface area contributed by atoms with Gasteiger partial charge >= 0.3 is 0 Å². The molecule has 4 heteroatoms. The Hall–Kier alpha value is -2.33. The molecular weight excluding hydrogens is 362 g/mol. The third-order valence-electron chi connectivity index (χ3n) is 5.87. The number of benzene rings is 2. The van der Waals surface area contributed by atoms with Crippen molar-refractivity contribution in [3.8, 4) is 11.5 Å². The lowest BCUT2D eigenvalue weighted by Gasteiger charge is -2.13. The van der Waals surface area contributed by atoms with Crippen molar-refractivity contribution in [3.05, 3.63) is 58.7 Å². The van der Waals surface area contributed by atoms with Crippen molar-refractivity contribution in [2.75, 3.05) is 27.3 Å². The standard InChI is InChI=1S/C25H33NO3/c1-18-6-4-7-19(14-18)11-13-26-12-5-8-20-9-10-21-16-24(28-2)25(29-3)17-22(21)15-23(20)27/h4,6-7,14,16-17,20,26H,5,8-13,15H2,1-3H3. The highest BCUT2D eigenvalue weighted by Crippen LogP contribution is 2.34. The van der Waals surface area contributed by atoms with E-state index in [-0.39, 0.29) is 5.92 Å². The molecule has 1 unspecified atom stereocenters. The molecule has 29 heavy (non-hydrogen) atoms. The molecule has 0 spiro atoms. The van der Waals surface area contributed by atoms with E-state index in [0.717, 1.165) is 56.5 Å². The summed E-state index contributed by atoms with van der Waals surface area (Å²) in [5.41, 5.74) is 4.99. The summed E-state index contributed by atoms with van der Waals surface area (Å²) in [6.07, 6.45) is 5.38. The first-order chi connectivity index (χ1) is 14.1. The van der Waals surface area contributed by atoms with Gasteiger partial charge in [-0.1, -0.05) is 29.8 Å². The monoisotopic (exact) mass is 395 g/mol. The maximum absolute atomic E-state index is 12.8. The van der Waals surface area contributed by atoms with Crippen LogP contribution in [0.2, 0.25) is 0 Å². The van der Waals surface area contributed by atoms with Crippen molar-refractivity contribution >= 4 is 5.78 Å². The Morgan fingerprint density at radius 2 is 1.79 bits per heavy atom. The Morgan fingerprint density at radius 1 is 1.03 bits per heavy atom. The molecule has 0 saturated heterocycles. The van der Waals surface area contributed by atoms with Crippen molar-refractivity contribution in [2.24, 2.45) is 5.92 Å². The second-order valence-corrected chi connectivity index (χ2v) is 7.99. The van der Waals surface area contributed by atoms with Gasteiger partial charge in [-0.25, -0.2) is 0 Å². The SMILES string of the molecule is COc1cc2c(cc1OC)CC(=O)C(CCCNCCc1cccc(C)c1)CC2.